The molecule has 1 aromatic carbocycles. The summed E-state index contributed by atoms with van der Waals surface area (Å²) in [6.45, 7) is 1.43. The third kappa shape index (κ3) is 3.59. The Bertz CT molecular complexity index is 556. The van der Waals surface area contributed by atoms with Crippen molar-refractivity contribution in [1.29, 1.82) is 0 Å². The van der Waals surface area contributed by atoms with Crippen molar-refractivity contribution in [2.45, 2.75) is 20.0 Å². The second-order valence-electron chi connectivity index (χ2n) is 5.48. The second-order valence-corrected chi connectivity index (χ2v) is 5.48. The van der Waals surface area contributed by atoms with Crippen LogP contribution in [0.4, 0.5) is 4.79 Å². The summed E-state index contributed by atoms with van der Waals surface area (Å²) < 4.78 is 5.13. The molecule has 1 saturated heterocycles. The maximum atomic E-state index is 12.0. The van der Waals surface area contributed by atoms with Crippen LogP contribution < -0.4 is 0 Å². The van der Waals surface area contributed by atoms with Crippen LogP contribution in [0.3, 0.4) is 0 Å². The Morgan fingerprint density at radius 2 is 2.00 bits per heavy atom. The van der Waals surface area contributed by atoms with Crippen molar-refractivity contribution in [3.8, 4) is 0 Å². The van der Waals surface area contributed by atoms with Gasteiger partial charge in [-0.1, -0.05) is 30.3 Å². The molecule has 1 aliphatic rings. The number of carbonyl (C=O) groups excluding carboxylic acids is 2. The standard InChI is InChI=1S/C15H17NO5/c1-15(13(18)19)7-12(17)8-16(10-15)14(20)21-9-11-5-3-2-4-6-11/h2-6H,7-10H2,1H3,(H,18,19). The minimum absolute atomic E-state index is 0.0261. The van der Waals surface area contributed by atoms with Gasteiger partial charge in [0.25, 0.3) is 0 Å². The Labute approximate surface area is 122 Å². The van der Waals surface area contributed by atoms with E-state index in [4.69, 9.17) is 4.74 Å². The monoisotopic (exact) mass is 291 g/mol. The van der Waals surface area contributed by atoms with Crippen molar-refractivity contribution in [2.75, 3.05) is 13.1 Å². The first-order valence-corrected chi connectivity index (χ1v) is 6.61. The summed E-state index contributed by atoms with van der Waals surface area (Å²) >= 11 is 0. The van der Waals surface area contributed by atoms with Crippen molar-refractivity contribution >= 4 is 17.8 Å². The molecule has 0 aliphatic carbocycles. The van der Waals surface area contributed by atoms with Gasteiger partial charge in [-0.3, -0.25) is 14.5 Å². The number of hydrogen-bond acceptors (Lipinski definition) is 4. The number of hydrogen-bond donors (Lipinski definition) is 1. The Morgan fingerprint density at radius 1 is 1.33 bits per heavy atom. The Balaban J connectivity index is 1.98. The van der Waals surface area contributed by atoms with E-state index in [9.17, 15) is 19.5 Å². The number of carbonyl (C=O) groups is 3. The molecule has 1 aromatic rings. The van der Waals surface area contributed by atoms with Gasteiger partial charge < -0.3 is 9.84 Å². The fourth-order valence-electron chi connectivity index (χ4n) is 2.32. The first kappa shape index (κ1) is 15.0. The van der Waals surface area contributed by atoms with Crippen LogP contribution in [0.25, 0.3) is 0 Å². The number of nitrogens with zero attached hydrogens (tertiary/aromatic N) is 1. The first-order valence-electron chi connectivity index (χ1n) is 6.61. The summed E-state index contributed by atoms with van der Waals surface area (Å²) in [6.07, 6.45) is -0.732. The zero-order valence-corrected chi connectivity index (χ0v) is 11.7. The van der Waals surface area contributed by atoms with Crippen LogP contribution in [-0.4, -0.2) is 40.9 Å². The lowest BCUT2D eigenvalue weighted by Crippen LogP contribution is -2.52. The molecule has 1 aliphatic heterocycles. The van der Waals surface area contributed by atoms with Crippen LogP contribution in [0.5, 0.6) is 0 Å². The highest BCUT2D eigenvalue weighted by molar-refractivity contribution is 5.91. The lowest BCUT2D eigenvalue weighted by Gasteiger charge is -2.35. The Morgan fingerprint density at radius 3 is 2.62 bits per heavy atom. The molecule has 0 saturated carbocycles. The maximum absolute atomic E-state index is 12.0. The van der Waals surface area contributed by atoms with Crippen molar-refractivity contribution < 1.29 is 24.2 Å². The zero-order valence-electron chi connectivity index (χ0n) is 11.7. The molecule has 0 bridgehead atoms. The van der Waals surface area contributed by atoms with E-state index in [0.717, 1.165) is 10.5 Å². The van der Waals surface area contributed by atoms with E-state index in [1.165, 1.54) is 6.92 Å². The van der Waals surface area contributed by atoms with Gasteiger partial charge in [-0.2, -0.15) is 0 Å². The molecule has 1 atom stereocenters. The number of rotatable bonds is 3. The minimum atomic E-state index is -1.25. The predicted molar refractivity (Wildman–Crippen MR) is 73.6 cm³/mol. The number of benzene rings is 1. The smallest absolute Gasteiger partial charge is 0.410 e. The lowest BCUT2D eigenvalue weighted by atomic mass is 9.81. The zero-order chi connectivity index (χ0) is 15.5. The topological polar surface area (TPSA) is 83.9 Å². The van der Waals surface area contributed by atoms with E-state index in [0.29, 0.717) is 0 Å². The third-order valence-corrected chi connectivity index (χ3v) is 3.47. The molecule has 6 heteroatoms. The Hall–Kier alpha value is -2.37. The van der Waals surface area contributed by atoms with Crippen molar-refractivity contribution in [3.63, 3.8) is 0 Å². The average molecular weight is 291 g/mol. The van der Waals surface area contributed by atoms with Crippen LogP contribution in [0, 0.1) is 5.41 Å². The van der Waals surface area contributed by atoms with Gasteiger partial charge >= 0.3 is 12.1 Å². The molecule has 1 amide bonds. The van der Waals surface area contributed by atoms with E-state index in [2.05, 4.69) is 0 Å². The van der Waals surface area contributed by atoms with Crippen LogP contribution >= 0.6 is 0 Å². The summed E-state index contributed by atoms with van der Waals surface area (Å²) in [7, 11) is 0. The number of aliphatic carboxylic acids is 1. The Kier molecular flexibility index (Phi) is 4.26. The van der Waals surface area contributed by atoms with Crippen molar-refractivity contribution in [1.82, 2.24) is 4.90 Å². The number of carboxylic acids is 1. The maximum Gasteiger partial charge on any atom is 0.410 e. The van der Waals surface area contributed by atoms with Crippen molar-refractivity contribution in [3.05, 3.63) is 35.9 Å². The largest absolute Gasteiger partial charge is 0.481 e. The summed E-state index contributed by atoms with van der Waals surface area (Å²) in [6, 6.07) is 9.14. The molecular weight excluding hydrogens is 274 g/mol. The number of ether oxygens (including phenoxy) is 1. The molecule has 0 aromatic heterocycles. The number of likely N-dealkylation sites (tertiary alicyclic amines) is 1. The summed E-state index contributed by atoms with van der Waals surface area (Å²) in [4.78, 5) is 36.0. The van der Waals surface area contributed by atoms with Crippen LogP contribution in [-0.2, 0) is 20.9 Å². The number of ketones is 1. The molecule has 0 spiro atoms. The van der Waals surface area contributed by atoms with Gasteiger partial charge in [-0.25, -0.2) is 4.79 Å². The number of piperidine rings is 1. The van der Waals surface area contributed by atoms with Gasteiger partial charge in [0.1, 0.15) is 6.61 Å². The molecule has 1 unspecified atom stereocenters. The molecule has 6 nitrogen and oxygen atoms in total. The van der Waals surface area contributed by atoms with Gasteiger partial charge in [0.05, 0.1) is 12.0 Å². The SMILES string of the molecule is CC1(C(=O)O)CC(=O)CN(C(=O)OCc2ccccc2)C1. The van der Waals surface area contributed by atoms with Gasteiger partial charge in [0.2, 0.25) is 0 Å². The predicted octanol–water partition coefficient (Wildman–Crippen LogP) is 1.69. The van der Waals surface area contributed by atoms with Crippen LogP contribution in [0.1, 0.15) is 18.9 Å². The normalized spacial score (nSPS) is 22.0. The average Bonchev–Trinajstić information content (AvgIpc) is 2.44. The van der Waals surface area contributed by atoms with E-state index in [1.54, 1.807) is 0 Å². The molecule has 1 N–H and O–H groups in total. The van der Waals surface area contributed by atoms with Gasteiger partial charge in [-0.15, -0.1) is 0 Å². The van der Waals surface area contributed by atoms with E-state index >= 15 is 0 Å². The van der Waals surface area contributed by atoms with E-state index in [-0.39, 0.29) is 31.9 Å². The van der Waals surface area contributed by atoms with Gasteiger partial charge in [0.15, 0.2) is 5.78 Å². The van der Waals surface area contributed by atoms with E-state index in [1.807, 2.05) is 30.3 Å². The summed E-state index contributed by atoms with van der Waals surface area (Å²) in [5.74, 6) is -1.36. The molecule has 1 fully saturated rings. The molecule has 1 heterocycles. The number of carboxylic acid groups (broad SMARTS) is 1. The highest BCUT2D eigenvalue weighted by Gasteiger charge is 2.43. The first-order chi connectivity index (χ1) is 9.90. The summed E-state index contributed by atoms with van der Waals surface area (Å²) in [5, 5.41) is 9.19. The fourth-order valence-corrected chi connectivity index (χ4v) is 2.32. The number of amides is 1. The molecule has 2 rings (SSSR count). The molecule has 21 heavy (non-hydrogen) atoms. The molecular formula is C15H17NO5. The van der Waals surface area contributed by atoms with E-state index < -0.39 is 17.5 Å². The molecule has 0 radical (unpaired) electrons. The third-order valence-electron chi connectivity index (χ3n) is 3.47. The minimum Gasteiger partial charge on any atom is -0.481 e. The highest BCUT2D eigenvalue weighted by Crippen LogP contribution is 2.28. The highest BCUT2D eigenvalue weighted by atomic mass is 16.6. The second kappa shape index (κ2) is 5.95. The van der Waals surface area contributed by atoms with Crippen LogP contribution in [0.2, 0.25) is 0 Å². The van der Waals surface area contributed by atoms with Crippen molar-refractivity contribution in [2.24, 2.45) is 5.41 Å². The fraction of sp³-hybridized carbons (Fsp3) is 0.400. The summed E-state index contributed by atoms with van der Waals surface area (Å²) in [5.41, 5.74) is -0.420. The van der Waals surface area contributed by atoms with Gasteiger partial charge in [0, 0.05) is 13.0 Å². The number of Topliss-reactive ketones (excluding diaryl/α,β-unsaturated/α-hetero) is 1. The van der Waals surface area contributed by atoms with Gasteiger partial charge in [-0.05, 0) is 12.5 Å². The quantitative estimate of drug-likeness (QED) is 0.916. The van der Waals surface area contributed by atoms with Crippen LogP contribution in [0.15, 0.2) is 30.3 Å². The lowest BCUT2D eigenvalue weighted by molar-refractivity contribution is -0.154. The molecule has 112 valence electrons.